The van der Waals surface area contributed by atoms with E-state index in [1.54, 1.807) is 4.90 Å². The summed E-state index contributed by atoms with van der Waals surface area (Å²) in [6.45, 7) is 3.39. The summed E-state index contributed by atoms with van der Waals surface area (Å²) >= 11 is 1.50. The molecule has 4 rings (SSSR count). The Hall–Kier alpha value is -1.73. The summed E-state index contributed by atoms with van der Waals surface area (Å²) in [6, 6.07) is 0.247. The van der Waals surface area contributed by atoms with Crippen LogP contribution in [-0.2, 0) is 4.74 Å². The molecule has 0 radical (unpaired) electrons. The lowest BCUT2D eigenvalue weighted by molar-refractivity contribution is 0.0794. The normalized spacial score (nSPS) is 19.0. The molecule has 7 heteroatoms. The van der Waals surface area contributed by atoms with Crippen LogP contribution in [0, 0.1) is 6.92 Å². The number of carbonyl (C=O) groups excluding carboxylic acids is 1. The zero-order chi connectivity index (χ0) is 15.8. The first kappa shape index (κ1) is 14.8. The zero-order valence-corrected chi connectivity index (χ0v) is 13.8. The van der Waals surface area contributed by atoms with Gasteiger partial charge in [0, 0.05) is 30.6 Å². The second-order valence-electron chi connectivity index (χ2n) is 6.14. The second kappa shape index (κ2) is 6.05. The van der Waals surface area contributed by atoms with Gasteiger partial charge < -0.3 is 9.15 Å². The van der Waals surface area contributed by atoms with Crippen molar-refractivity contribution in [3.8, 4) is 0 Å². The van der Waals surface area contributed by atoms with Crippen molar-refractivity contribution >= 4 is 22.4 Å². The van der Waals surface area contributed by atoms with Gasteiger partial charge in [0.15, 0.2) is 16.7 Å². The average molecular weight is 333 g/mol. The van der Waals surface area contributed by atoms with Crippen LogP contribution in [0.15, 0.2) is 16.1 Å². The van der Waals surface area contributed by atoms with Crippen molar-refractivity contribution in [1.29, 1.82) is 0 Å². The fraction of sp³-hybridized carbons (Fsp3) is 0.562. The van der Waals surface area contributed by atoms with Crippen LogP contribution in [0.5, 0.6) is 0 Å². The fourth-order valence-electron chi connectivity index (χ4n) is 2.84. The number of oxazole rings is 1. The van der Waals surface area contributed by atoms with Gasteiger partial charge in [0.2, 0.25) is 0 Å². The molecule has 1 saturated carbocycles. The molecule has 2 aromatic heterocycles. The minimum Gasteiger partial charge on any atom is -0.448 e. The number of aryl methyl sites for hydroxylation is 1. The number of amides is 1. The third-order valence-electron chi connectivity index (χ3n) is 4.26. The summed E-state index contributed by atoms with van der Waals surface area (Å²) in [5.74, 6) is 0.799. The largest absolute Gasteiger partial charge is 0.448 e. The predicted octanol–water partition coefficient (Wildman–Crippen LogP) is 3.14. The maximum Gasteiger partial charge on any atom is 0.282 e. The number of hydrogen-bond acceptors (Lipinski definition) is 6. The third-order valence-corrected chi connectivity index (χ3v) is 5.21. The molecule has 3 heterocycles. The van der Waals surface area contributed by atoms with E-state index in [-0.39, 0.29) is 17.9 Å². The number of hydrogen-bond donors (Lipinski definition) is 0. The molecule has 2 fully saturated rings. The van der Waals surface area contributed by atoms with Gasteiger partial charge in [-0.2, -0.15) is 0 Å². The zero-order valence-electron chi connectivity index (χ0n) is 13.0. The molecule has 1 saturated heterocycles. The number of anilines is 1. The molecule has 0 bridgehead atoms. The Labute approximate surface area is 138 Å². The highest BCUT2D eigenvalue weighted by Gasteiger charge is 2.37. The number of ether oxygens (including phenoxy) is 1. The Balaban J connectivity index is 1.56. The maximum absolute atomic E-state index is 12.9. The molecule has 1 aliphatic carbocycles. The van der Waals surface area contributed by atoms with Crippen molar-refractivity contribution < 1.29 is 13.9 Å². The molecule has 122 valence electrons. The van der Waals surface area contributed by atoms with Gasteiger partial charge in [-0.05, 0) is 32.6 Å². The summed E-state index contributed by atoms with van der Waals surface area (Å²) in [7, 11) is 0. The average Bonchev–Trinajstić information content (AvgIpc) is 3.10. The first-order valence-corrected chi connectivity index (χ1v) is 8.89. The maximum atomic E-state index is 12.9. The van der Waals surface area contributed by atoms with Crippen molar-refractivity contribution in [1.82, 2.24) is 9.97 Å². The highest BCUT2D eigenvalue weighted by Crippen LogP contribution is 2.35. The molecule has 0 unspecified atom stereocenters. The standard InChI is InChI=1S/C16H19N3O3S/c1-10-9-23-16(17-10)19(12-2-3-12)15(20)13-8-22-14(18-13)11-4-6-21-7-5-11/h8-9,11-12H,2-7H2,1H3. The first-order chi connectivity index (χ1) is 11.2. The van der Waals surface area contributed by atoms with E-state index in [4.69, 9.17) is 9.15 Å². The van der Waals surface area contributed by atoms with E-state index in [2.05, 4.69) is 9.97 Å². The first-order valence-electron chi connectivity index (χ1n) is 8.01. The molecule has 0 atom stereocenters. The Morgan fingerprint density at radius 2 is 2.04 bits per heavy atom. The molecule has 23 heavy (non-hydrogen) atoms. The molecule has 0 spiro atoms. The molecule has 2 aliphatic rings. The van der Waals surface area contributed by atoms with E-state index in [1.165, 1.54) is 17.6 Å². The quantitative estimate of drug-likeness (QED) is 0.860. The smallest absolute Gasteiger partial charge is 0.282 e. The molecular formula is C16H19N3O3S. The highest BCUT2D eigenvalue weighted by atomic mass is 32.1. The van der Waals surface area contributed by atoms with Gasteiger partial charge in [-0.3, -0.25) is 9.69 Å². The summed E-state index contributed by atoms with van der Waals surface area (Å²) in [5.41, 5.74) is 1.32. The Morgan fingerprint density at radius 1 is 1.26 bits per heavy atom. The van der Waals surface area contributed by atoms with Crippen LogP contribution in [-0.4, -0.2) is 35.1 Å². The van der Waals surface area contributed by atoms with Gasteiger partial charge in [-0.1, -0.05) is 0 Å². The predicted molar refractivity (Wildman–Crippen MR) is 86.0 cm³/mol. The van der Waals surface area contributed by atoms with E-state index in [0.29, 0.717) is 11.6 Å². The monoisotopic (exact) mass is 333 g/mol. The summed E-state index contributed by atoms with van der Waals surface area (Å²) in [6.07, 6.45) is 5.32. The summed E-state index contributed by atoms with van der Waals surface area (Å²) in [4.78, 5) is 23.6. The molecule has 6 nitrogen and oxygen atoms in total. The molecule has 0 N–H and O–H groups in total. The van der Waals surface area contributed by atoms with Gasteiger partial charge >= 0.3 is 0 Å². The van der Waals surface area contributed by atoms with Crippen LogP contribution in [0.25, 0.3) is 0 Å². The van der Waals surface area contributed by atoms with Gasteiger partial charge in [0.05, 0.1) is 5.69 Å². The van der Waals surface area contributed by atoms with Crippen molar-refractivity contribution in [3.05, 3.63) is 28.9 Å². The van der Waals surface area contributed by atoms with Crippen LogP contribution in [0.1, 0.15) is 53.7 Å². The molecule has 2 aromatic rings. The topological polar surface area (TPSA) is 68.5 Å². The Kier molecular flexibility index (Phi) is 3.90. The number of carbonyl (C=O) groups is 1. The lowest BCUT2D eigenvalue weighted by atomic mass is 10.0. The SMILES string of the molecule is Cc1csc(N(C(=O)c2coc(C3CCOCC3)n2)C2CC2)n1. The van der Waals surface area contributed by atoms with Crippen molar-refractivity contribution in [3.63, 3.8) is 0 Å². The second-order valence-corrected chi connectivity index (χ2v) is 6.97. The van der Waals surface area contributed by atoms with Crippen LogP contribution in [0.3, 0.4) is 0 Å². The van der Waals surface area contributed by atoms with Crippen LogP contribution >= 0.6 is 11.3 Å². The minimum atomic E-state index is -0.107. The van der Waals surface area contributed by atoms with E-state index < -0.39 is 0 Å². The molecule has 1 aliphatic heterocycles. The molecule has 0 aromatic carbocycles. The number of thiazole rings is 1. The lowest BCUT2D eigenvalue weighted by Gasteiger charge is -2.19. The fourth-order valence-corrected chi connectivity index (χ4v) is 3.71. The van der Waals surface area contributed by atoms with Crippen LogP contribution in [0.4, 0.5) is 5.13 Å². The minimum absolute atomic E-state index is 0.107. The molecule has 1 amide bonds. The van der Waals surface area contributed by atoms with E-state index in [0.717, 1.165) is 49.7 Å². The number of rotatable bonds is 4. The lowest BCUT2D eigenvalue weighted by Crippen LogP contribution is -2.33. The van der Waals surface area contributed by atoms with Gasteiger partial charge in [0.1, 0.15) is 6.26 Å². The van der Waals surface area contributed by atoms with Crippen LogP contribution in [0.2, 0.25) is 0 Å². The van der Waals surface area contributed by atoms with Gasteiger partial charge in [0.25, 0.3) is 5.91 Å². The van der Waals surface area contributed by atoms with Crippen molar-refractivity contribution in [2.75, 3.05) is 18.1 Å². The van der Waals surface area contributed by atoms with Gasteiger partial charge in [-0.15, -0.1) is 11.3 Å². The van der Waals surface area contributed by atoms with Crippen molar-refractivity contribution in [2.45, 2.75) is 44.6 Å². The van der Waals surface area contributed by atoms with Crippen LogP contribution < -0.4 is 4.90 Å². The molecular weight excluding hydrogens is 314 g/mol. The highest BCUT2D eigenvalue weighted by molar-refractivity contribution is 7.14. The van der Waals surface area contributed by atoms with Gasteiger partial charge in [-0.25, -0.2) is 9.97 Å². The third kappa shape index (κ3) is 3.03. The number of nitrogens with zero attached hydrogens (tertiary/aromatic N) is 3. The summed E-state index contributed by atoms with van der Waals surface area (Å²) in [5, 5.41) is 2.72. The Bertz CT molecular complexity index is 701. The van der Waals surface area contributed by atoms with E-state index in [1.807, 2.05) is 12.3 Å². The van der Waals surface area contributed by atoms with E-state index in [9.17, 15) is 4.79 Å². The number of aromatic nitrogens is 2. The summed E-state index contributed by atoms with van der Waals surface area (Å²) < 4.78 is 10.9. The Morgan fingerprint density at radius 3 is 2.70 bits per heavy atom. The van der Waals surface area contributed by atoms with Crippen molar-refractivity contribution in [2.24, 2.45) is 0 Å². The van der Waals surface area contributed by atoms with E-state index >= 15 is 0 Å².